The molecule has 5 nitrogen and oxygen atoms in total. The van der Waals surface area contributed by atoms with E-state index < -0.39 is 0 Å². The summed E-state index contributed by atoms with van der Waals surface area (Å²) in [5, 5.41) is 5.77. The van der Waals surface area contributed by atoms with Crippen molar-refractivity contribution < 1.29 is 9.53 Å². The number of carbonyl (C=O) groups excluding carboxylic acids is 1. The zero-order chi connectivity index (χ0) is 13.4. The van der Waals surface area contributed by atoms with Gasteiger partial charge in [-0.2, -0.15) is 0 Å². The van der Waals surface area contributed by atoms with Gasteiger partial charge in [-0.1, -0.05) is 0 Å². The number of halogens is 1. The van der Waals surface area contributed by atoms with E-state index in [9.17, 15) is 4.79 Å². The molecular formula is C12H18BrN3O2. The molecule has 0 saturated heterocycles. The van der Waals surface area contributed by atoms with Gasteiger partial charge in [0.15, 0.2) is 0 Å². The zero-order valence-corrected chi connectivity index (χ0v) is 12.2. The summed E-state index contributed by atoms with van der Waals surface area (Å²) >= 11 is 3.31. The molecule has 1 heterocycles. The van der Waals surface area contributed by atoms with Crippen LogP contribution in [0, 0.1) is 0 Å². The number of hydrogen-bond donors (Lipinski definition) is 2. The molecule has 18 heavy (non-hydrogen) atoms. The van der Waals surface area contributed by atoms with Crippen LogP contribution < -0.4 is 10.6 Å². The van der Waals surface area contributed by atoms with Crippen molar-refractivity contribution in [1.29, 1.82) is 0 Å². The van der Waals surface area contributed by atoms with Gasteiger partial charge in [0, 0.05) is 38.0 Å². The van der Waals surface area contributed by atoms with Gasteiger partial charge in [-0.3, -0.25) is 4.79 Å². The van der Waals surface area contributed by atoms with Crippen LogP contribution in [0.5, 0.6) is 0 Å². The number of hydrogen-bond acceptors (Lipinski definition) is 4. The Bertz CT molecular complexity index is 399. The molecule has 6 heteroatoms. The van der Waals surface area contributed by atoms with Gasteiger partial charge >= 0.3 is 0 Å². The van der Waals surface area contributed by atoms with E-state index in [-0.39, 0.29) is 5.91 Å². The van der Waals surface area contributed by atoms with Crippen molar-refractivity contribution >= 4 is 27.7 Å². The molecule has 0 fully saturated rings. The molecule has 100 valence electrons. The van der Waals surface area contributed by atoms with Crippen LogP contribution in [0.4, 0.5) is 5.82 Å². The Kier molecular flexibility index (Phi) is 6.67. The number of methoxy groups -OCH3 is 1. The average molecular weight is 316 g/mol. The molecule has 0 bridgehead atoms. The van der Waals surface area contributed by atoms with Gasteiger partial charge in [0.2, 0.25) is 0 Å². The molecule has 1 aromatic heterocycles. The van der Waals surface area contributed by atoms with Crippen LogP contribution in [-0.2, 0) is 4.74 Å². The van der Waals surface area contributed by atoms with Crippen LogP contribution in [0.2, 0.25) is 0 Å². The van der Waals surface area contributed by atoms with E-state index >= 15 is 0 Å². The molecule has 1 aromatic rings. The molecule has 0 aromatic carbocycles. The third-order valence-electron chi connectivity index (χ3n) is 2.40. The lowest BCUT2D eigenvalue weighted by atomic mass is 10.2. The Morgan fingerprint density at radius 1 is 1.50 bits per heavy atom. The molecule has 0 unspecified atom stereocenters. The van der Waals surface area contributed by atoms with E-state index in [1.165, 1.54) is 0 Å². The van der Waals surface area contributed by atoms with Crippen molar-refractivity contribution in [3.05, 3.63) is 22.3 Å². The largest absolute Gasteiger partial charge is 0.385 e. The Hall–Kier alpha value is -1.14. The molecule has 0 atom stereocenters. The van der Waals surface area contributed by atoms with Gasteiger partial charge < -0.3 is 15.4 Å². The van der Waals surface area contributed by atoms with Gasteiger partial charge in [0.1, 0.15) is 5.82 Å². The molecule has 0 saturated carbocycles. The first-order valence-electron chi connectivity index (χ1n) is 5.79. The van der Waals surface area contributed by atoms with Crippen LogP contribution in [0.25, 0.3) is 0 Å². The van der Waals surface area contributed by atoms with E-state index in [4.69, 9.17) is 4.74 Å². The highest BCUT2D eigenvalue weighted by Crippen LogP contribution is 2.17. The summed E-state index contributed by atoms with van der Waals surface area (Å²) in [6.45, 7) is 1.36. The topological polar surface area (TPSA) is 63.2 Å². The van der Waals surface area contributed by atoms with Crippen LogP contribution in [0.15, 0.2) is 16.7 Å². The Morgan fingerprint density at radius 2 is 2.28 bits per heavy atom. The van der Waals surface area contributed by atoms with Gasteiger partial charge in [0.05, 0.1) is 5.56 Å². The van der Waals surface area contributed by atoms with E-state index in [1.807, 2.05) is 0 Å². The number of ether oxygens (including phenoxy) is 1. The molecule has 0 spiro atoms. The maximum absolute atomic E-state index is 12.0. The number of anilines is 1. The first kappa shape index (κ1) is 14.9. The molecule has 1 rings (SSSR count). The van der Waals surface area contributed by atoms with Crippen molar-refractivity contribution in [1.82, 2.24) is 10.3 Å². The fourth-order valence-corrected chi connectivity index (χ4v) is 1.81. The first-order chi connectivity index (χ1) is 8.69. The van der Waals surface area contributed by atoms with Crippen molar-refractivity contribution in [2.75, 3.05) is 32.6 Å². The molecule has 2 N–H and O–H groups in total. The molecular weight excluding hydrogens is 298 g/mol. The smallest absolute Gasteiger partial charge is 0.255 e. The van der Waals surface area contributed by atoms with Gasteiger partial charge in [-0.25, -0.2) is 4.98 Å². The number of pyridine rings is 1. The maximum atomic E-state index is 12.0. The lowest BCUT2D eigenvalue weighted by Crippen LogP contribution is -2.25. The number of aromatic nitrogens is 1. The predicted octanol–water partition coefficient (Wildman–Crippen LogP) is 2.04. The highest BCUT2D eigenvalue weighted by molar-refractivity contribution is 9.10. The number of unbranched alkanes of at least 4 members (excludes halogenated alkanes) is 1. The minimum absolute atomic E-state index is 0.120. The van der Waals surface area contributed by atoms with Crippen LogP contribution >= 0.6 is 15.9 Å². The van der Waals surface area contributed by atoms with Gasteiger partial charge in [-0.05, 0) is 34.8 Å². The molecule has 0 aliphatic heterocycles. The number of carbonyl (C=O) groups is 1. The van der Waals surface area contributed by atoms with Gasteiger partial charge in [0.25, 0.3) is 5.91 Å². The second-order valence-electron chi connectivity index (χ2n) is 3.76. The Morgan fingerprint density at radius 3 is 2.94 bits per heavy atom. The SMILES string of the molecule is CNc1ncc(Br)cc1C(=O)NCCCCOC. The normalized spacial score (nSPS) is 10.2. The lowest BCUT2D eigenvalue weighted by molar-refractivity contribution is 0.0952. The summed E-state index contributed by atoms with van der Waals surface area (Å²) < 4.78 is 5.73. The standard InChI is InChI=1S/C12H18BrN3O2/c1-14-11-10(7-9(13)8-16-11)12(17)15-5-3-4-6-18-2/h7-8H,3-6H2,1-2H3,(H,14,16)(H,15,17). The van der Waals surface area contributed by atoms with E-state index in [0.29, 0.717) is 17.9 Å². The fraction of sp³-hybridized carbons (Fsp3) is 0.500. The van der Waals surface area contributed by atoms with Crippen molar-refractivity contribution in [3.8, 4) is 0 Å². The monoisotopic (exact) mass is 315 g/mol. The van der Waals surface area contributed by atoms with Gasteiger partial charge in [-0.15, -0.1) is 0 Å². The minimum atomic E-state index is -0.120. The number of nitrogens with one attached hydrogen (secondary N) is 2. The van der Waals surface area contributed by atoms with Crippen LogP contribution in [-0.4, -0.2) is 38.2 Å². The zero-order valence-electron chi connectivity index (χ0n) is 10.6. The van der Waals surface area contributed by atoms with E-state index in [0.717, 1.165) is 23.9 Å². The van der Waals surface area contributed by atoms with Crippen molar-refractivity contribution in [2.24, 2.45) is 0 Å². The maximum Gasteiger partial charge on any atom is 0.255 e. The summed E-state index contributed by atoms with van der Waals surface area (Å²) in [6, 6.07) is 1.75. The fourth-order valence-electron chi connectivity index (χ4n) is 1.48. The van der Waals surface area contributed by atoms with Crippen molar-refractivity contribution in [2.45, 2.75) is 12.8 Å². The molecule has 0 aliphatic carbocycles. The number of rotatable bonds is 7. The van der Waals surface area contributed by atoms with E-state index in [2.05, 4.69) is 31.5 Å². The number of nitrogens with zero attached hydrogens (tertiary/aromatic N) is 1. The molecule has 0 aliphatic rings. The quantitative estimate of drug-likeness (QED) is 0.756. The summed E-state index contributed by atoms with van der Waals surface area (Å²) in [7, 11) is 3.41. The average Bonchev–Trinajstić information content (AvgIpc) is 2.38. The van der Waals surface area contributed by atoms with Crippen LogP contribution in [0.3, 0.4) is 0 Å². The lowest BCUT2D eigenvalue weighted by Gasteiger charge is -2.09. The summed E-state index contributed by atoms with van der Waals surface area (Å²) in [5.74, 6) is 0.457. The third-order valence-corrected chi connectivity index (χ3v) is 2.83. The molecule has 1 amide bonds. The Balaban J connectivity index is 2.52. The minimum Gasteiger partial charge on any atom is -0.385 e. The summed E-state index contributed by atoms with van der Waals surface area (Å²) in [6.07, 6.45) is 3.49. The highest BCUT2D eigenvalue weighted by Gasteiger charge is 2.11. The second kappa shape index (κ2) is 8.05. The first-order valence-corrected chi connectivity index (χ1v) is 6.58. The van der Waals surface area contributed by atoms with Crippen molar-refractivity contribution in [3.63, 3.8) is 0 Å². The molecule has 0 radical (unpaired) electrons. The second-order valence-corrected chi connectivity index (χ2v) is 4.67. The predicted molar refractivity (Wildman–Crippen MR) is 74.9 cm³/mol. The summed E-state index contributed by atoms with van der Waals surface area (Å²) in [5.41, 5.74) is 0.540. The third kappa shape index (κ3) is 4.62. The summed E-state index contributed by atoms with van der Waals surface area (Å²) in [4.78, 5) is 16.1. The Labute approximate surface area is 115 Å². The highest BCUT2D eigenvalue weighted by atomic mass is 79.9. The van der Waals surface area contributed by atoms with E-state index in [1.54, 1.807) is 26.4 Å². The van der Waals surface area contributed by atoms with Crippen LogP contribution in [0.1, 0.15) is 23.2 Å². The number of amides is 1.